The van der Waals surface area contributed by atoms with Crippen molar-refractivity contribution in [3.8, 4) is 0 Å². The molecule has 100 valence electrons. The van der Waals surface area contributed by atoms with Gasteiger partial charge in [0, 0.05) is 0 Å². The van der Waals surface area contributed by atoms with Crippen molar-refractivity contribution >= 4 is 28.8 Å². The van der Waals surface area contributed by atoms with Gasteiger partial charge in [-0.2, -0.15) is 0 Å². The van der Waals surface area contributed by atoms with Gasteiger partial charge >= 0.3 is 17.2 Å². The van der Waals surface area contributed by atoms with Crippen LogP contribution in [0.4, 0.5) is 4.79 Å². The number of benzene rings is 1. The molecule has 7 heteroatoms. The number of nitrogens with zero attached hydrogens (tertiary/aromatic N) is 2. The lowest BCUT2D eigenvalue weighted by molar-refractivity contribution is -0.201. The van der Waals surface area contributed by atoms with E-state index in [2.05, 4.69) is 0 Å². The third kappa shape index (κ3) is 3.10. The van der Waals surface area contributed by atoms with Crippen LogP contribution in [0.5, 0.6) is 0 Å². The fourth-order valence-corrected chi connectivity index (χ4v) is 1.79. The predicted molar refractivity (Wildman–Crippen MR) is 65.9 cm³/mol. The number of hydroxylamine groups is 2. The molecule has 19 heavy (non-hydrogen) atoms. The quantitative estimate of drug-likeness (QED) is 0.474. The van der Waals surface area contributed by atoms with Crippen LogP contribution in [0.2, 0.25) is 0 Å². The Hall–Kier alpha value is -1.92. The van der Waals surface area contributed by atoms with Crippen molar-refractivity contribution in [1.82, 2.24) is 9.96 Å². The Morgan fingerprint density at radius 3 is 2.47 bits per heavy atom. The van der Waals surface area contributed by atoms with E-state index < -0.39 is 17.2 Å². The summed E-state index contributed by atoms with van der Waals surface area (Å²) in [6.45, 7) is 0.312. The highest BCUT2D eigenvalue weighted by Gasteiger charge is 2.36. The van der Waals surface area contributed by atoms with E-state index in [1.165, 1.54) is 0 Å². The summed E-state index contributed by atoms with van der Waals surface area (Å²) in [4.78, 5) is 40.0. The maximum Gasteiger partial charge on any atom is 0.336 e. The number of hydrogen-bond acceptors (Lipinski definition) is 4. The molecule has 0 radical (unpaired) electrons. The van der Waals surface area contributed by atoms with Gasteiger partial charge in [0.25, 0.3) is 0 Å². The summed E-state index contributed by atoms with van der Waals surface area (Å²) < 4.78 is 0. The minimum atomic E-state index is -0.973. The summed E-state index contributed by atoms with van der Waals surface area (Å²) in [5, 5.41) is -0.00729. The molecule has 2 rings (SSSR count). The van der Waals surface area contributed by atoms with Gasteiger partial charge in [0.05, 0.1) is 13.1 Å². The number of amides is 3. The van der Waals surface area contributed by atoms with Crippen LogP contribution in [0.25, 0.3) is 0 Å². The zero-order valence-corrected chi connectivity index (χ0v) is 10.7. The third-order valence-corrected chi connectivity index (χ3v) is 2.83. The minimum Gasteiger partial charge on any atom is -0.266 e. The molecule has 0 N–H and O–H groups in total. The van der Waals surface area contributed by atoms with Crippen molar-refractivity contribution in [3.63, 3.8) is 0 Å². The molecule has 1 saturated heterocycles. The van der Waals surface area contributed by atoms with Crippen molar-refractivity contribution < 1.29 is 19.2 Å². The molecule has 0 atom stereocenters. The molecule has 0 aromatic heterocycles. The van der Waals surface area contributed by atoms with Crippen molar-refractivity contribution in [2.75, 3.05) is 13.1 Å². The van der Waals surface area contributed by atoms with Gasteiger partial charge in [0.2, 0.25) is 0 Å². The molecular formula is C12H11ClN2O4. The van der Waals surface area contributed by atoms with Crippen LogP contribution in [0.15, 0.2) is 30.3 Å². The molecule has 0 spiro atoms. The van der Waals surface area contributed by atoms with E-state index in [1.54, 1.807) is 0 Å². The standard InChI is InChI=1S/C12H11ClN2O4/c13-12(18)14-6-7-15(11(17)10(14)16)19-8-9-4-2-1-3-5-9/h1-5H,6-8H2. The first kappa shape index (κ1) is 13.5. The molecule has 0 aliphatic carbocycles. The molecule has 0 unspecified atom stereocenters. The molecule has 1 heterocycles. The molecule has 0 bridgehead atoms. The number of imide groups is 1. The van der Waals surface area contributed by atoms with E-state index in [0.29, 0.717) is 4.90 Å². The summed E-state index contributed by atoms with van der Waals surface area (Å²) in [5.41, 5.74) is 0.874. The molecule has 1 aromatic rings. The monoisotopic (exact) mass is 282 g/mol. The summed E-state index contributed by atoms with van der Waals surface area (Å²) >= 11 is 5.19. The van der Waals surface area contributed by atoms with Gasteiger partial charge in [0.15, 0.2) is 0 Å². The molecule has 1 fully saturated rings. The van der Waals surface area contributed by atoms with Gasteiger partial charge in [0.1, 0.15) is 6.61 Å². The zero-order valence-electron chi connectivity index (χ0n) is 9.91. The first-order valence-electron chi connectivity index (χ1n) is 5.59. The Morgan fingerprint density at radius 1 is 1.16 bits per heavy atom. The highest BCUT2D eigenvalue weighted by Crippen LogP contribution is 2.10. The van der Waals surface area contributed by atoms with Crippen LogP contribution in [0.1, 0.15) is 5.56 Å². The highest BCUT2D eigenvalue weighted by atomic mass is 35.5. The average Bonchev–Trinajstić information content (AvgIpc) is 2.41. The lowest BCUT2D eigenvalue weighted by Gasteiger charge is -2.30. The van der Waals surface area contributed by atoms with Crippen molar-refractivity contribution in [3.05, 3.63) is 35.9 Å². The fraction of sp³-hybridized carbons (Fsp3) is 0.250. The third-order valence-electron chi connectivity index (χ3n) is 2.62. The van der Waals surface area contributed by atoms with E-state index in [0.717, 1.165) is 10.6 Å². The zero-order chi connectivity index (χ0) is 13.8. The molecule has 6 nitrogen and oxygen atoms in total. The van der Waals surface area contributed by atoms with Crippen LogP contribution in [-0.2, 0) is 21.0 Å². The van der Waals surface area contributed by atoms with Crippen LogP contribution in [0, 0.1) is 0 Å². The topological polar surface area (TPSA) is 66.9 Å². The van der Waals surface area contributed by atoms with E-state index in [1.807, 2.05) is 30.3 Å². The van der Waals surface area contributed by atoms with Crippen LogP contribution >= 0.6 is 11.6 Å². The maximum absolute atomic E-state index is 11.7. The highest BCUT2D eigenvalue weighted by molar-refractivity contribution is 6.65. The van der Waals surface area contributed by atoms with E-state index in [-0.39, 0.29) is 19.7 Å². The summed E-state index contributed by atoms with van der Waals surface area (Å²) in [7, 11) is 0. The van der Waals surface area contributed by atoms with Gasteiger partial charge in [-0.1, -0.05) is 30.3 Å². The first-order chi connectivity index (χ1) is 9.09. The van der Waals surface area contributed by atoms with Gasteiger partial charge in [-0.15, -0.1) is 0 Å². The van der Waals surface area contributed by atoms with Crippen LogP contribution in [0.3, 0.4) is 0 Å². The van der Waals surface area contributed by atoms with Crippen molar-refractivity contribution in [2.45, 2.75) is 6.61 Å². The van der Waals surface area contributed by atoms with Crippen molar-refractivity contribution in [2.24, 2.45) is 0 Å². The molecule has 1 aliphatic rings. The number of carbonyl (C=O) groups is 3. The van der Waals surface area contributed by atoms with Crippen molar-refractivity contribution in [1.29, 1.82) is 0 Å². The van der Waals surface area contributed by atoms with E-state index >= 15 is 0 Å². The molecule has 1 aliphatic heterocycles. The first-order valence-corrected chi connectivity index (χ1v) is 5.97. The van der Waals surface area contributed by atoms with Gasteiger partial charge in [-0.3, -0.25) is 24.1 Å². The van der Waals surface area contributed by atoms with Crippen LogP contribution in [-0.4, -0.2) is 40.2 Å². The maximum atomic E-state index is 11.7. The predicted octanol–water partition coefficient (Wildman–Crippen LogP) is 1.15. The largest absolute Gasteiger partial charge is 0.336 e. The van der Waals surface area contributed by atoms with Crippen LogP contribution < -0.4 is 0 Å². The molecule has 3 amide bonds. The Morgan fingerprint density at radius 2 is 1.84 bits per heavy atom. The number of piperazine rings is 1. The Labute approximate surface area is 114 Å². The second kappa shape index (κ2) is 5.81. The number of rotatable bonds is 3. The normalized spacial score (nSPS) is 15.8. The average molecular weight is 283 g/mol. The van der Waals surface area contributed by atoms with Gasteiger partial charge < -0.3 is 0 Å². The Kier molecular flexibility index (Phi) is 4.13. The Bertz CT molecular complexity index is 506. The summed E-state index contributed by atoms with van der Waals surface area (Å²) in [6.07, 6.45) is 0. The Balaban J connectivity index is 1.95. The number of carbonyl (C=O) groups excluding carboxylic acids is 3. The number of halogens is 1. The second-order valence-electron chi connectivity index (χ2n) is 3.88. The van der Waals surface area contributed by atoms with Gasteiger partial charge in [-0.25, -0.2) is 5.06 Å². The SMILES string of the molecule is O=C1C(=O)N(C(=O)Cl)CCN1OCc1ccccc1. The minimum absolute atomic E-state index is 0.0295. The van der Waals surface area contributed by atoms with E-state index in [4.69, 9.17) is 16.4 Å². The molecule has 0 saturated carbocycles. The second-order valence-corrected chi connectivity index (χ2v) is 4.20. The summed E-state index contributed by atoms with van der Waals surface area (Å²) in [5.74, 6) is -1.87. The number of hydrogen-bond donors (Lipinski definition) is 0. The van der Waals surface area contributed by atoms with Gasteiger partial charge in [-0.05, 0) is 17.2 Å². The summed E-state index contributed by atoms with van der Waals surface area (Å²) in [6, 6.07) is 9.23. The lowest BCUT2D eigenvalue weighted by atomic mass is 10.2. The van der Waals surface area contributed by atoms with E-state index in [9.17, 15) is 14.4 Å². The fourth-order valence-electron chi connectivity index (χ4n) is 1.63. The molecule has 1 aromatic carbocycles. The lowest BCUT2D eigenvalue weighted by Crippen LogP contribution is -2.54. The molecular weight excluding hydrogens is 272 g/mol. The smallest absolute Gasteiger partial charge is 0.266 e.